The summed E-state index contributed by atoms with van der Waals surface area (Å²) in [6, 6.07) is 1.85. The number of anilines is 1. The number of nitrogens with zero attached hydrogens (tertiary/aromatic N) is 1. The van der Waals surface area contributed by atoms with E-state index in [1.54, 1.807) is 6.20 Å². The van der Waals surface area contributed by atoms with Crippen LogP contribution >= 0.6 is 11.6 Å². The van der Waals surface area contributed by atoms with Gasteiger partial charge in [0.2, 0.25) is 0 Å². The number of nitrogen functional groups attached to an aromatic ring is 1. The highest BCUT2D eigenvalue weighted by atomic mass is 35.5. The molecule has 1 aromatic heterocycles. The summed E-state index contributed by atoms with van der Waals surface area (Å²) < 4.78 is 0. The van der Waals surface area contributed by atoms with Crippen molar-refractivity contribution >= 4 is 23.0 Å². The van der Waals surface area contributed by atoms with E-state index in [4.69, 9.17) is 17.3 Å². The Morgan fingerprint density at radius 3 is 3.06 bits per heavy atom. The molecule has 16 heavy (non-hydrogen) atoms. The molecular formula is C12H18ClN3. The van der Waals surface area contributed by atoms with Gasteiger partial charge in [0.05, 0.1) is 5.02 Å². The maximum Gasteiger partial charge on any atom is 0.130 e. The second-order valence-corrected chi connectivity index (χ2v) is 4.05. The minimum absolute atomic E-state index is 0.529. The third-order valence-corrected chi connectivity index (χ3v) is 2.54. The zero-order valence-electron chi connectivity index (χ0n) is 9.76. The van der Waals surface area contributed by atoms with Crippen LogP contribution < -0.4 is 11.1 Å². The molecule has 3 N–H and O–H groups in total. The van der Waals surface area contributed by atoms with Gasteiger partial charge in [0, 0.05) is 11.8 Å². The van der Waals surface area contributed by atoms with Crippen molar-refractivity contribution in [2.75, 3.05) is 18.8 Å². The molecule has 0 radical (unpaired) electrons. The Balaban J connectivity index is 2.71. The third-order valence-electron chi connectivity index (χ3n) is 2.33. The highest BCUT2D eigenvalue weighted by Crippen LogP contribution is 2.22. The molecule has 0 aliphatic heterocycles. The topological polar surface area (TPSA) is 50.9 Å². The number of allylic oxidation sites excluding steroid dienone is 1. The molecule has 0 bridgehead atoms. The maximum atomic E-state index is 5.89. The summed E-state index contributed by atoms with van der Waals surface area (Å²) >= 11 is 5.89. The van der Waals surface area contributed by atoms with Crippen LogP contribution in [0.15, 0.2) is 18.3 Å². The number of rotatable bonds is 5. The Morgan fingerprint density at radius 2 is 2.38 bits per heavy atom. The van der Waals surface area contributed by atoms with E-state index in [2.05, 4.69) is 23.3 Å². The minimum atomic E-state index is 0.529. The number of hydrogen-bond donors (Lipinski definition) is 2. The number of nitrogens with one attached hydrogen (secondary N) is 1. The number of aromatic nitrogens is 1. The molecule has 0 saturated heterocycles. The summed E-state index contributed by atoms with van der Waals surface area (Å²) in [7, 11) is 0. The van der Waals surface area contributed by atoms with Gasteiger partial charge in [0.1, 0.15) is 5.82 Å². The first-order valence-electron chi connectivity index (χ1n) is 5.44. The Hall–Kier alpha value is -1.06. The van der Waals surface area contributed by atoms with Gasteiger partial charge in [-0.2, -0.15) is 0 Å². The molecule has 88 valence electrons. The fourth-order valence-corrected chi connectivity index (χ4v) is 1.60. The molecule has 0 aliphatic carbocycles. The van der Waals surface area contributed by atoms with Crippen LogP contribution in [-0.4, -0.2) is 18.1 Å². The molecule has 1 heterocycles. The first kappa shape index (κ1) is 13.0. The van der Waals surface area contributed by atoms with Crippen LogP contribution in [0.25, 0.3) is 5.57 Å². The fraction of sp³-hybridized carbons (Fsp3) is 0.417. The molecule has 1 rings (SSSR count). The van der Waals surface area contributed by atoms with Crippen molar-refractivity contribution in [2.24, 2.45) is 0 Å². The predicted molar refractivity (Wildman–Crippen MR) is 70.5 cm³/mol. The van der Waals surface area contributed by atoms with Gasteiger partial charge in [-0.1, -0.05) is 24.6 Å². The van der Waals surface area contributed by atoms with Gasteiger partial charge in [-0.3, -0.25) is 0 Å². The molecule has 4 heteroatoms. The van der Waals surface area contributed by atoms with Gasteiger partial charge < -0.3 is 11.1 Å². The van der Waals surface area contributed by atoms with E-state index in [0.29, 0.717) is 10.8 Å². The lowest BCUT2D eigenvalue weighted by Crippen LogP contribution is -2.13. The van der Waals surface area contributed by atoms with Crippen molar-refractivity contribution < 1.29 is 0 Å². The van der Waals surface area contributed by atoms with Crippen molar-refractivity contribution in [3.63, 3.8) is 0 Å². The largest absolute Gasteiger partial charge is 0.383 e. The highest BCUT2D eigenvalue weighted by Gasteiger charge is 2.03. The monoisotopic (exact) mass is 239 g/mol. The summed E-state index contributed by atoms with van der Waals surface area (Å²) in [4.78, 5) is 4.03. The zero-order chi connectivity index (χ0) is 12.0. The van der Waals surface area contributed by atoms with Gasteiger partial charge in [-0.15, -0.1) is 0 Å². The zero-order valence-corrected chi connectivity index (χ0v) is 10.5. The smallest absolute Gasteiger partial charge is 0.130 e. The van der Waals surface area contributed by atoms with Crippen LogP contribution in [0.5, 0.6) is 0 Å². The second-order valence-electron chi connectivity index (χ2n) is 3.62. The quantitative estimate of drug-likeness (QED) is 0.777. The van der Waals surface area contributed by atoms with Gasteiger partial charge in [0.25, 0.3) is 0 Å². The maximum absolute atomic E-state index is 5.89. The van der Waals surface area contributed by atoms with Crippen LogP contribution in [0.3, 0.4) is 0 Å². The second kappa shape index (κ2) is 6.51. The van der Waals surface area contributed by atoms with Gasteiger partial charge in [-0.05, 0) is 38.1 Å². The normalized spacial score (nSPS) is 11.8. The van der Waals surface area contributed by atoms with Crippen LogP contribution in [0.4, 0.5) is 5.82 Å². The molecule has 1 aromatic rings. The Kier molecular flexibility index (Phi) is 5.29. The minimum Gasteiger partial charge on any atom is -0.383 e. The van der Waals surface area contributed by atoms with E-state index in [1.165, 1.54) is 0 Å². The number of nitrogens with two attached hydrogens (primary N) is 1. The third kappa shape index (κ3) is 3.83. The lowest BCUT2D eigenvalue weighted by atomic mass is 10.1. The van der Waals surface area contributed by atoms with E-state index in [-0.39, 0.29) is 0 Å². The molecule has 0 unspecified atom stereocenters. The number of halogens is 1. The first-order chi connectivity index (χ1) is 7.65. The van der Waals surface area contributed by atoms with Crippen molar-refractivity contribution in [1.29, 1.82) is 0 Å². The van der Waals surface area contributed by atoms with E-state index < -0.39 is 0 Å². The van der Waals surface area contributed by atoms with Crippen LogP contribution in [0.1, 0.15) is 25.8 Å². The molecule has 0 spiro atoms. The number of pyridine rings is 1. The van der Waals surface area contributed by atoms with Crippen molar-refractivity contribution in [1.82, 2.24) is 10.3 Å². The van der Waals surface area contributed by atoms with Crippen LogP contribution in [-0.2, 0) is 0 Å². The SMILES string of the molecule is CCNCCC=C(C)c1cc(Cl)cnc1N. The predicted octanol–water partition coefficient (Wildman–Crippen LogP) is 2.72. The Labute approximate surface area is 102 Å². The number of hydrogen-bond acceptors (Lipinski definition) is 3. The summed E-state index contributed by atoms with van der Waals surface area (Å²) in [5, 5.41) is 3.88. The standard InChI is InChI=1S/C12H18ClN3/c1-3-15-6-4-5-9(2)11-7-10(13)8-16-12(11)14/h5,7-8,15H,3-4,6H2,1-2H3,(H2,14,16). The fourth-order valence-electron chi connectivity index (χ4n) is 1.44. The average Bonchev–Trinajstić information content (AvgIpc) is 2.27. The van der Waals surface area contributed by atoms with Crippen LogP contribution in [0.2, 0.25) is 5.02 Å². The molecule has 0 aromatic carbocycles. The first-order valence-corrected chi connectivity index (χ1v) is 5.81. The molecule has 3 nitrogen and oxygen atoms in total. The summed E-state index contributed by atoms with van der Waals surface area (Å²) in [6.07, 6.45) is 4.68. The summed E-state index contributed by atoms with van der Waals surface area (Å²) in [6.45, 7) is 6.08. The van der Waals surface area contributed by atoms with Crippen molar-refractivity contribution in [3.8, 4) is 0 Å². The van der Waals surface area contributed by atoms with Crippen molar-refractivity contribution in [3.05, 3.63) is 28.9 Å². The van der Waals surface area contributed by atoms with Gasteiger partial charge in [0.15, 0.2) is 0 Å². The van der Waals surface area contributed by atoms with E-state index in [1.807, 2.05) is 13.0 Å². The van der Waals surface area contributed by atoms with E-state index >= 15 is 0 Å². The Bertz CT molecular complexity index is 375. The Morgan fingerprint density at radius 1 is 1.62 bits per heavy atom. The van der Waals surface area contributed by atoms with Gasteiger partial charge in [-0.25, -0.2) is 4.98 Å². The lowest BCUT2D eigenvalue weighted by molar-refractivity contribution is 0.727. The molecule has 0 amide bonds. The van der Waals surface area contributed by atoms with E-state index in [9.17, 15) is 0 Å². The summed E-state index contributed by atoms with van der Waals surface area (Å²) in [5.74, 6) is 0.529. The molecular weight excluding hydrogens is 222 g/mol. The van der Waals surface area contributed by atoms with Crippen molar-refractivity contribution in [2.45, 2.75) is 20.3 Å². The molecule has 0 aliphatic rings. The lowest BCUT2D eigenvalue weighted by Gasteiger charge is -2.06. The highest BCUT2D eigenvalue weighted by molar-refractivity contribution is 6.30. The van der Waals surface area contributed by atoms with E-state index in [0.717, 1.165) is 30.6 Å². The summed E-state index contributed by atoms with van der Waals surface area (Å²) in [5.41, 5.74) is 7.83. The average molecular weight is 240 g/mol. The van der Waals surface area contributed by atoms with Gasteiger partial charge >= 0.3 is 0 Å². The molecule has 0 fully saturated rings. The molecule has 0 saturated carbocycles. The van der Waals surface area contributed by atoms with Crippen LogP contribution in [0, 0.1) is 0 Å². The molecule has 0 atom stereocenters.